The van der Waals surface area contributed by atoms with Crippen LogP contribution < -0.4 is 14.4 Å². The van der Waals surface area contributed by atoms with Crippen molar-refractivity contribution in [1.29, 1.82) is 0 Å². The molecular formula is C26H27F2N5O3. The second-order valence-electron chi connectivity index (χ2n) is 8.93. The van der Waals surface area contributed by atoms with Crippen LogP contribution in [0.2, 0.25) is 0 Å². The first kappa shape index (κ1) is 23.9. The van der Waals surface area contributed by atoms with Gasteiger partial charge in [-0.3, -0.25) is 4.79 Å². The molecule has 1 saturated heterocycles. The Morgan fingerprint density at radius 3 is 2.50 bits per heavy atom. The topological polar surface area (TPSA) is 71.0 Å². The number of rotatable bonds is 5. The number of hydrogen-bond acceptors (Lipinski definition) is 7. The summed E-state index contributed by atoms with van der Waals surface area (Å²) < 4.78 is 38.6. The molecule has 2 aliphatic heterocycles. The van der Waals surface area contributed by atoms with E-state index in [0.29, 0.717) is 35.8 Å². The Balaban J connectivity index is 1.48. The average molecular weight is 496 g/mol. The highest BCUT2D eigenvalue weighted by atomic mass is 19.2. The van der Waals surface area contributed by atoms with E-state index in [2.05, 4.69) is 21.8 Å². The molecule has 0 atom stereocenters. The number of ether oxygens (including phenoxy) is 2. The number of likely N-dealkylation sites (N-methyl/N-ethyl adjacent to an activating group) is 1. The fourth-order valence-corrected chi connectivity index (χ4v) is 4.37. The Kier molecular flexibility index (Phi) is 6.69. The number of aromatic nitrogens is 2. The van der Waals surface area contributed by atoms with Crippen molar-refractivity contribution >= 4 is 11.9 Å². The zero-order valence-corrected chi connectivity index (χ0v) is 20.2. The minimum absolute atomic E-state index is 0.121. The van der Waals surface area contributed by atoms with Crippen LogP contribution in [0, 0.1) is 11.6 Å². The van der Waals surface area contributed by atoms with Crippen LogP contribution in [0.4, 0.5) is 14.7 Å². The predicted octanol–water partition coefficient (Wildman–Crippen LogP) is 3.51. The van der Waals surface area contributed by atoms with Gasteiger partial charge in [0.15, 0.2) is 11.6 Å². The summed E-state index contributed by atoms with van der Waals surface area (Å²) in [5.74, 6) is -0.627. The lowest BCUT2D eigenvalue weighted by atomic mass is 10.0. The summed E-state index contributed by atoms with van der Waals surface area (Å²) in [6.45, 7) is 3.99. The minimum atomic E-state index is -1.01. The number of methoxy groups -OCH3 is 1. The molecule has 3 heterocycles. The maximum atomic E-state index is 13.9. The molecule has 36 heavy (non-hydrogen) atoms. The van der Waals surface area contributed by atoms with Gasteiger partial charge in [0.2, 0.25) is 11.8 Å². The Morgan fingerprint density at radius 1 is 0.944 bits per heavy atom. The second-order valence-corrected chi connectivity index (χ2v) is 8.93. The molecule has 1 amide bonds. The maximum Gasteiger partial charge on any atom is 0.254 e. The van der Waals surface area contributed by atoms with Crippen LogP contribution >= 0.6 is 0 Å². The molecule has 0 radical (unpaired) electrons. The summed E-state index contributed by atoms with van der Waals surface area (Å²) in [6.07, 6.45) is 0.516. The fraction of sp³-hybridized carbons (Fsp3) is 0.346. The first-order chi connectivity index (χ1) is 17.4. The average Bonchev–Trinajstić information content (AvgIpc) is 2.90. The zero-order chi connectivity index (χ0) is 25.2. The lowest BCUT2D eigenvalue weighted by Gasteiger charge is -2.34. The van der Waals surface area contributed by atoms with Gasteiger partial charge in [-0.15, -0.1) is 0 Å². The van der Waals surface area contributed by atoms with Crippen LogP contribution in [-0.2, 0) is 13.0 Å². The molecule has 0 bridgehead atoms. The zero-order valence-electron chi connectivity index (χ0n) is 20.2. The molecule has 0 aliphatic carbocycles. The number of nitrogens with zero attached hydrogens (tertiary/aromatic N) is 5. The quantitative estimate of drug-likeness (QED) is 0.537. The van der Waals surface area contributed by atoms with Crippen molar-refractivity contribution in [2.75, 3.05) is 51.8 Å². The number of carbonyl (C=O) groups is 1. The first-order valence-corrected chi connectivity index (χ1v) is 11.8. The molecule has 8 nitrogen and oxygen atoms in total. The van der Waals surface area contributed by atoms with Crippen molar-refractivity contribution in [2.45, 2.75) is 13.0 Å². The highest BCUT2D eigenvalue weighted by molar-refractivity contribution is 5.94. The number of benzene rings is 2. The van der Waals surface area contributed by atoms with E-state index in [9.17, 15) is 13.6 Å². The third-order valence-electron chi connectivity index (χ3n) is 6.51. The monoisotopic (exact) mass is 495 g/mol. The van der Waals surface area contributed by atoms with Crippen LogP contribution in [0.15, 0.2) is 42.5 Å². The SMILES string of the molecule is COc1cccc(C(=O)N2CCc3nc(N4CCN(C)CC4)nc(Oc4ccc(F)c(F)c4)c3C2)c1. The van der Waals surface area contributed by atoms with Crippen LogP contribution in [0.5, 0.6) is 17.4 Å². The highest BCUT2D eigenvalue weighted by Gasteiger charge is 2.29. The van der Waals surface area contributed by atoms with Gasteiger partial charge in [-0.05, 0) is 37.4 Å². The second kappa shape index (κ2) is 10.1. The molecule has 188 valence electrons. The van der Waals surface area contributed by atoms with E-state index < -0.39 is 11.6 Å². The Morgan fingerprint density at radius 2 is 1.75 bits per heavy atom. The van der Waals surface area contributed by atoms with Gasteiger partial charge in [-0.25, -0.2) is 13.8 Å². The standard InChI is InChI=1S/C26H27F2N5O3/c1-31-10-12-32(13-11-31)26-29-23-8-9-33(25(34)17-4-3-5-18(14-17)35-2)16-20(23)24(30-26)36-19-6-7-21(27)22(28)15-19/h3-7,14-15H,8-13,16H2,1-2H3. The fourth-order valence-electron chi connectivity index (χ4n) is 4.37. The minimum Gasteiger partial charge on any atom is -0.497 e. The van der Waals surface area contributed by atoms with Gasteiger partial charge in [0.05, 0.1) is 24.9 Å². The van der Waals surface area contributed by atoms with Crippen molar-refractivity contribution in [3.05, 3.63) is 70.9 Å². The maximum absolute atomic E-state index is 13.9. The molecule has 3 aromatic rings. The van der Waals surface area contributed by atoms with Crippen molar-refractivity contribution in [1.82, 2.24) is 19.8 Å². The molecular weight excluding hydrogens is 468 g/mol. The van der Waals surface area contributed by atoms with E-state index in [1.54, 1.807) is 36.3 Å². The Labute approximate surface area is 208 Å². The number of hydrogen-bond donors (Lipinski definition) is 0. The summed E-state index contributed by atoms with van der Waals surface area (Å²) in [5, 5.41) is 0. The van der Waals surface area contributed by atoms with Gasteiger partial charge in [0.25, 0.3) is 5.91 Å². The Bertz CT molecular complexity index is 1280. The van der Waals surface area contributed by atoms with Gasteiger partial charge >= 0.3 is 0 Å². The van der Waals surface area contributed by atoms with Crippen molar-refractivity contribution in [3.8, 4) is 17.4 Å². The van der Waals surface area contributed by atoms with E-state index in [-0.39, 0.29) is 24.1 Å². The molecule has 0 spiro atoms. The van der Waals surface area contributed by atoms with Crippen LogP contribution in [0.25, 0.3) is 0 Å². The van der Waals surface area contributed by atoms with E-state index >= 15 is 0 Å². The van der Waals surface area contributed by atoms with E-state index in [1.807, 2.05) is 0 Å². The highest BCUT2D eigenvalue weighted by Crippen LogP contribution is 2.33. The van der Waals surface area contributed by atoms with Crippen molar-refractivity contribution in [2.24, 2.45) is 0 Å². The van der Waals surface area contributed by atoms with Crippen LogP contribution in [-0.4, -0.2) is 72.6 Å². The number of carbonyl (C=O) groups excluding carboxylic acids is 1. The molecule has 10 heteroatoms. The first-order valence-electron chi connectivity index (χ1n) is 11.8. The van der Waals surface area contributed by atoms with Gasteiger partial charge in [0, 0.05) is 50.8 Å². The van der Waals surface area contributed by atoms with E-state index in [0.717, 1.165) is 44.0 Å². The number of piperazine rings is 1. The van der Waals surface area contributed by atoms with E-state index in [4.69, 9.17) is 14.5 Å². The Hall–Kier alpha value is -3.79. The molecule has 1 fully saturated rings. The summed E-state index contributed by atoms with van der Waals surface area (Å²) in [4.78, 5) is 28.8. The third kappa shape index (κ3) is 4.94. The lowest BCUT2D eigenvalue weighted by Crippen LogP contribution is -2.45. The van der Waals surface area contributed by atoms with Gasteiger partial charge in [-0.1, -0.05) is 6.07 Å². The number of anilines is 1. The van der Waals surface area contributed by atoms with Gasteiger partial charge in [-0.2, -0.15) is 4.98 Å². The third-order valence-corrected chi connectivity index (χ3v) is 6.51. The van der Waals surface area contributed by atoms with Crippen LogP contribution in [0.1, 0.15) is 21.6 Å². The molecule has 0 unspecified atom stereocenters. The number of amides is 1. The lowest BCUT2D eigenvalue weighted by molar-refractivity contribution is 0.0731. The summed E-state index contributed by atoms with van der Waals surface area (Å²) >= 11 is 0. The smallest absolute Gasteiger partial charge is 0.254 e. The largest absolute Gasteiger partial charge is 0.497 e. The molecule has 1 aromatic heterocycles. The summed E-state index contributed by atoms with van der Waals surface area (Å²) in [5.41, 5.74) is 1.95. The molecule has 2 aromatic carbocycles. The van der Waals surface area contributed by atoms with Crippen molar-refractivity contribution < 1.29 is 23.0 Å². The number of halogens is 2. The molecule has 5 rings (SSSR count). The molecule has 0 N–H and O–H groups in total. The van der Waals surface area contributed by atoms with Crippen molar-refractivity contribution in [3.63, 3.8) is 0 Å². The molecule has 0 saturated carbocycles. The summed E-state index contributed by atoms with van der Waals surface area (Å²) in [6, 6.07) is 10.3. The number of fused-ring (bicyclic) bond motifs is 1. The normalized spacial score (nSPS) is 16.0. The van der Waals surface area contributed by atoms with Crippen LogP contribution in [0.3, 0.4) is 0 Å². The van der Waals surface area contributed by atoms with Gasteiger partial charge < -0.3 is 24.2 Å². The van der Waals surface area contributed by atoms with E-state index in [1.165, 1.54) is 6.07 Å². The predicted molar refractivity (Wildman–Crippen MR) is 130 cm³/mol. The van der Waals surface area contributed by atoms with Gasteiger partial charge in [0.1, 0.15) is 11.5 Å². The molecule has 2 aliphatic rings. The summed E-state index contributed by atoms with van der Waals surface area (Å²) in [7, 11) is 3.62.